The molecule has 0 bridgehead atoms. The zero-order valence-electron chi connectivity index (χ0n) is 14.3. The Bertz CT molecular complexity index is 793. The van der Waals surface area contributed by atoms with Crippen molar-refractivity contribution < 1.29 is 13.2 Å². The summed E-state index contributed by atoms with van der Waals surface area (Å²) >= 11 is 0. The van der Waals surface area contributed by atoms with Crippen LogP contribution in [0.1, 0.15) is 25.7 Å². The molecule has 2 N–H and O–H groups in total. The third-order valence-electron chi connectivity index (χ3n) is 4.57. The average molecular weight is 360 g/mol. The molecule has 6 heteroatoms. The number of rotatable bonds is 6. The van der Waals surface area contributed by atoms with Crippen molar-refractivity contribution in [3.05, 3.63) is 54.6 Å². The largest absolute Gasteiger partial charge is 0.495 e. The van der Waals surface area contributed by atoms with Crippen LogP contribution in [0.2, 0.25) is 0 Å². The lowest BCUT2D eigenvalue weighted by atomic mass is 9.91. The predicted octanol–water partition coefficient (Wildman–Crippen LogP) is 3.40. The van der Waals surface area contributed by atoms with Gasteiger partial charge >= 0.3 is 0 Å². The smallest absolute Gasteiger partial charge is 0.240 e. The monoisotopic (exact) mass is 360 g/mol. The third-order valence-corrected chi connectivity index (χ3v) is 6.08. The lowest BCUT2D eigenvalue weighted by Crippen LogP contribution is -2.48. The summed E-state index contributed by atoms with van der Waals surface area (Å²) < 4.78 is 33.6. The summed E-state index contributed by atoms with van der Waals surface area (Å²) in [5, 5.41) is 3.47. The molecule has 3 rings (SSSR count). The fourth-order valence-electron chi connectivity index (χ4n) is 3.28. The van der Waals surface area contributed by atoms with E-state index < -0.39 is 10.0 Å². The van der Waals surface area contributed by atoms with Crippen molar-refractivity contribution in [2.24, 2.45) is 0 Å². The Morgan fingerprint density at radius 2 is 1.56 bits per heavy atom. The van der Waals surface area contributed by atoms with Crippen LogP contribution in [0.4, 0.5) is 5.69 Å². The van der Waals surface area contributed by atoms with Crippen LogP contribution in [0.25, 0.3) is 0 Å². The van der Waals surface area contributed by atoms with Gasteiger partial charge in [-0.15, -0.1) is 0 Å². The minimum atomic E-state index is -3.52. The molecule has 0 saturated heterocycles. The SMILES string of the molecule is COc1ccccc1N[C@@H]1CCCC[C@H]1NS(=O)(=O)c1ccccc1. The van der Waals surface area contributed by atoms with Gasteiger partial charge in [-0.1, -0.05) is 43.2 Å². The highest BCUT2D eigenvalue weighted by Crippen LogP contribution is 2.29. The molecule has 2 aromatic rings. The van der Waals surface area contributed by atoms with E-state index in [1.165, 1.54) is 0 Å². The molecule has 1 saturated carbocycles. The van der Waals surface area contributed by atoms with Crippen molar-refractivity contribution in [3.8, 4) is 5.75 Å². The zero-order chi connectivity index (χ0) is 17.7. The number of anilines is 1. The number of ether oxygens (including phenoxy) is 1. The van der Waals surface area contributed by atoms with Crippen LogP contribution in [0, 0.1) is 0 Å². The summed E-state index contributed by atoms with van der Waals surface area (Å²) in [6.07, 6.45) is 3.83. The molecular weight excluding hydrogens is 336 g/mol. The molecule has 0 amide bonds. The normalized spacial score (nSPS) is 20.8. The molecule has 1 aliphatic carbocycles. The van der Waals surface area contributed by atoms with Gasteiger partial charge in [-0.25, -0.2) is 13.1 Å². The molecule has 2 atom stereocenters. The number of methoxy groups -OCH3 is 1. The summed E-state index contributed by atoms with van der Waals surface area (Å²) in [4.78, 5) is 0.302. The van der Waals surface area contributed by atoms with Crippen molar-refractivity contribution in [3.63, 3.8) is 0 Å². The molecular formula is C19H24N2O3S. The molecule has 134 valence electrons. The number of sulfonamides is 1. The van der Waals surface area contributed by atoms with Gasteiger partial charge in [-0.3, -0.25) is 0 Å². The van der Waals surface area contributed by atoms with Crippen molar-refractivity contribution in [1.29, 1.82) is 0 Å². The number of hydrogen-bond acceptors (Lipinski definition) is 4. The van der Waals surface area contributed by atoms with Gasteiger partial charge in [0.25, 0.3) is 0 Å². The molecule has 1 fully saturated rings. The number of nitrogens with one attached hydrogen (secondary N) is 2. The van der Waals surface area contributed by atoms with E-state index in [-0.39, 0.29) is 12.1 Å². The standard InChI is InChI=1S/C19H24N2O3S/c1-24-19-14-8-7-13-18(19)20-16-11-5-6-12-17(16)21-25(22,23)15-9-3-2-4-10-15/h2-4,7-10,13-14,16-17,20-21H,5-6,11-12H2,1H3/t16-,17-/m1/s1. The highest BCUT2D eigenvalue weighted by atomic mass is 32.2. The first kappa shape index (κ1) is 17.8. The van der Waals surface area contributed by atoms with Crippen LogP contribution in [-0.2, 0) is 10.0 Å². The van der Waals surface area contributed by atoms with E-state index in [2.05, 4.69) is 10.0 Å². The van der Waals surface area contributed by atoms with E-state index in [0.29, 0.717) is 4.90 Å². The zero-order valence-corrected chi connectivity index (χ0v) is 15.1. The van der Waals surface area contributed by atoms with Crippen LogP contribution in [0.3, 0.4) is 0 Å². The average Bonchev–Trinajstić information content (AvgIpc) is 2.64. The minimum absolute atomic E-state index is 0.0311. The van der Waals surface area contributed by atoms with Gasteiger partial charge in [0.05, 0.1) is 17.7 Å². The van der Waals surface area contributed by atoms with E-state index >= 15 is 0 Å². The summed E-state index contributed by atoms with van der Waals surface area (Å²) in [5.74, 6) is 0.762. The second-order valence-corrected chi connectivity index (χ2v) is 7.99. The molecule has 0 spiro atoms. The van der Waals surface area contributed by atoms with Gasteiger partial charge in [0.1, 0.15) is 5.75 Å². The van der Waals surface area contributed by atoms with Crippen molar-refractivity contribution in [1.82, 2.24) is 4.72 Å². The van der Waals surface area contributed by atoms with Crippen LogP contribution in [0.15, 0.2) is 59.5 Å². The molecule has 25 heavy (non-hydrogen) atoms. The second-order valence-electron chi connectivity index (χ2n) is 6.28. The van der Waals surface area contributed by atoms with E-state index in [4.69, 9.17) is 4.74 Å². The summed E-state index contributed by atoms with van der Waals surface area (Å²) in [5.41, 5.74) is 0.890. The quantitative estimate of drug-likeness (QED) is 0.828. The van der Waals surface area contributed by atoms with Gasteiger partial charge in [0.15, 0.2) is 0 Å². The predicted molar refractivity (Wildman–Crippen MR) is 99.4 cm³/mol. The topological polar surface area (TPSA) is 67.4 Å². The highest BCUT2D eigenvalue weighted by Gasteiger charge is 2.29. The number of benzene rings is 2. The Hall–Kier alpha value is -2.05. The lowest BCUT2D eigenvalue weighted by Gasteiger charge is -2.33. The van der Waals surface area contributed by atoms with Gasteiger partial charge in [-0.2, -0.15) is 0 Å². The van der Waals surface area contributed by atoms with E-state index in [0.717, 1.165) is 37.1 Å². The summed E-state index contributed by atoms with van der Waals surface area (Å²) in [6, 6.07) is 16.1. The molecule has 2 aromatic carbocycles. The Balaban J connectivity index is 1.77. The highest BCUT2D eigenvalue weighted by molar-refractivity contribution is 7.89. The van der Waals surface area contributed by atoms with Gasteiger partial charge in [0.2, 0.25) is 10.0 Å². The van der Waals surface area contributed by atoms with Crippen LogP contribution in [0.5, 0.6) is 5.75 Å². The van der Waals surface area contributed by atoms with Gasteiger partial charge in [0, 0.05) is 12.1 Å². The number of para-hydroxylation sites is 2. The van der Waals surface area contributed by atoms with Crippen molar-refractivity contribution in [2.75, 3.05) is 12.4 Å². The minimum Gasteiger partial charge on any atom is -0.495 e. The fourth-order valence-corrected chi connectivity index (χ4v) is 4.61. The van der Waals surface area contributed by atoms with Gasteiger partial charge < -0.3 is 10.1 Å². The van der Waals surface area contributed by atoms with Crippen molar-refractivity contribution in [2.45, 2.75) is 42.7 Å². The molecule has 1 aliphatic rings. The van der Waals surface area contributed by atoms with E-state index in [1.807, 2.05) is 30.3 Å². The maximum Gasteiger partial charge on any atom is 0.240 e. The van der Waals surface area contributed by atoms with E-state index in [1.54, 1.807) is 31.4 Å². The lowest BCUT2D eigenvalue weighted by molar-refractivity contribution is 0.375. The Morgan fingerprint density at radius 1 is 0.920 bits per heavy atom. The first-order valence-corrected chi connectivity index (χ1v) is 10.1. The Labute approximate surface area is 149 Å². The van der Waals surface area contributed by atoms with Crippen molar-refractivity contribution >= 4 is 15.7 Å². The molecule has 0 aliphatic heterocycles. The summed E-state index contributed by atoms with van der Waals surface area (Å²) in [6.45, 7) is 0. The molecule has 0 aromatic heterocycles. The van der Waals surface area contributed by atoms with Crippen LogP contribution < -0.4 is 14.8 Å². The Kier molecular flexibility index (Phi) is 5.60. The Morgan fingerprint density at radius 3 is 2.28 bits per heavy atom. The maximum absolute atomic E-state index is 12.7. The second kappa shape index (κ2) is 7.89. The first-order chi connectivity index (χ1) is 12.1. The third kappa shape index (κ3) is 4.32. The molecule has 5 nitrogen and oxygen atoms in total. The molecule has 0 heterocycles. The van der Waals surface area contributed by atoms with Crippen LogP contribution >= 0.6 is 0 Å². The van der Waals surface area contributed by atoms with E-state index in [9.17, 15) is 8.42 Å². The van der Waals surface area contributed by atoms with Gasteiger partial charge in [-0.05, 0) is 37.1 Å². The maximum atomic E-state index is 12.7. The van der Waals surface area contributed by atoms with Crippen LogP contribution in [-0.4, -0.2) is 27.6 Å². The fraction of sp³-hybridized carbons (Fsp3) is 0.368. The molecule has 0 radical (unpaired) electrons. The molecule has 0 unspecified atom stereocenters. The summed E-state index contributed by atoms with van der Waals surface area (Å²) in [7, 11) is -1.89. The number of hydrogen-bond donors (Lipinski definition) is 2. The first-order valence-electron chi connectivity index (χ1n) is 8.57.